The molecule has 7 nitrogen and oxygen atoms in total. The summed E-state index contributed by atoms with van der Waals surface area (Å²) in [7, 11) is 2.96. The first-order valence-corrected chi connectivity index (χ1v) is 5.79. The molecule has 8 heteroatoms. The van der Waals surface area contributed by atoms with Crippen LogP contribution in [0.5, 0.6) is 0 Å². The van der Waals surface area contributed by atoms with Gasteiger partial charge in [-0.1, -0.05) is 0 Å². The molecule has 1 atom stereocenters. The highest BCUT2D eigenvalue weighted by molar-refractivity contribution is 5.99. The number of halogens is 1. The van der Waals surface area contributed by atoms with Crippen molar-refractivity contribution in [2.75, 3.05) is 26.5 Å². The summed E-state index contributed by atoms with van der Waals surface area (Å²) in [5.74, 6) is -1.55. The molecule has 20 heavy (non-hydrogen) atoms. The minimum absolute atomic E-state index is 0.251. The summed E-state index contributed by atoms with van der Waals surface area (Å²) >= 11 is 0. The van der Waals surface area contributed by atoms with Crippen molar-refractivity contribution in [3.05, 3.63) is 33.6 Å². The first-order valence-electron chi connectivity index (χ1n) is 5.79. The van der Waals surface area contributed by atoms with Gasteiger partial charge in [-0.15, -0.1) is 0 Å². The highest BCUT2D eigenvalue weighted by Crippen LogP contribution is 2.25. The summed E-state index contributed by atoms with van der Waals surface area (Å²) in [6, 6.07) is 1.34. The number of benzene rings is 1. The second kappa shape index (κ2) is 6.29. The average Bonchev–Trinajstić information content (AvgIpc) is 2.39. The second-order valence-electron chi connectivity index (χ2n) is 4.37. The maximum absolute atomic E-state index is 13.3. The van der Waals surface area contributed by atoms with E-state index in [0.717, 1.165) is 6.07 Å². The summed E-state index contributed by atoms with van der Waals surface area (Å²) in [6.45, 7) is 1.99. The molecule has 1 aromatic carbocycles. The van der Waals surface area contributed by atoms with Gasteiger partial charge in [0.05, 0.1) is 29.3 Å². The Morgan fingerprint density at radius 3 is 2.70 bits per heavy atom. The molecule has 0 aliphatic rings. The van der Waals surface area contributed by atoms with Crippen LogP contribution in [0.3, 0.4) is 0 Å². The standard InChI is InChI=1S/C12H16FN3O4/c1-7(6-20-3)15(2)12(17)8-4-10(14)9(13)5-11(8)16(18)19/h4-5,7H,6,14H2,1-3H3. The number of nitrogens with zero attached hydrogens (tertiary/aromatic N) is 2. The lowest BCUT2D eigenvalue weighted by atomic mass is 10.1. The van der Waals surface area contributed by atoms with Crippen LogP contribution in [0.25, 0.3) is 0 Å². The lowest BCUT2D eigenvalue weighted by Gasteiger charge is -2.24. The average molecular weight is 285 g/mol. The molecule has 0 aliphatic heterocycles. The molecule has 110 valence electrons. The Morgan fingerprint density at radius 1 is 1.60 bits per heavy atom. The zero-order valence-corrected chi connectivity index (χ0v) is 11.4. The molecule has 0 spiro atoms. The predicted octanol–water partition coefficient (Wildman–Crippen LogP) is 1.42. The van der Waals surface area contributed by atoms with Crippen molar-refractivity contribution >= 4 is 17.3 Å². The molecule has 0 saturated carbocycles. The van der Waals surface area contributed by atoms with Crippen molar-refractivity contribution in [1.29, 1.82) is 0 Å². The molecule has 1 unspecified atom stereocenters. The molecule has 0 saturated heterocycles. The Bertz CT molecular complexity index is 536. The lowest BCUT2D eigenvalue weighted by molar-refractivity contribution is -0.385. The van der Waals surface area contributed by atoms with Crippen molar-refractivity contribution in [3.63, 3.8) is 0 Å². The van der Waals surface area contributed by atoms with Gasteiger partial charge >= 0.3 is 0 Å². The van der Waals surface area contributed by atoms with Gasteiger partial charge in [0.15, 0.2) is 5.82 Å². The number of rotatable bonds is 5. The maximum atomic E-state index is 13.3. The van der Waals surface area contributed by atoms with E-state index < -0.39 is 22.3 Å². The number of nitrogen functional groups attached to an aromatic ring is 1. The van der Waals surface area contributed by atoms with Gasteiger partial charge in [-0.05, 0) is 13.0 Å². The Hall–Kier alpha value is -2.22. The van der Waals surface area contributed by atoms with E-state index in [-0.39, 0.29) is 23.9 Å². The normalized spacial score (nSPS) is 12.0. The lowest BCUT2D eigenvalue weighted by Crippen LogP contribution is -2.38. The fraction of sp³-hybridized carbons (Fsp3) is 0.417. The molecule has 0 bridgehead atoms. The molecule has 2 N–H and O–H groups in total. The van der Waals surface area contributed by atoms with E-state index in [1.807, 2.05) is 0 Å². The third kappa shape index (κ3) is 3.21. The molecule has 1 aromatic rings. The van der Waals surface area contributed by atoms with Crippen molar-refractivity contribution in [3.8, 4) is 0 Å². The summed E-state index contributed by atoms with van der Waals surface area (Å²) in [4.78, 5) is 23.6. The van der Waals surface area contributed by atoms with Gasteiger partial charge in [-0.3, -0.25) is 14.9 Å². The molecule has 0 heterocycles. The zero-order chi connectivity index (χ0) is 15.4. The largest absolute Gasteiger partial charge is 0.396 e. The Labute approximate surface area is 115 Å². The number of amides is 1. The van der Waals surface area contributed by atoms with E-state index in [1.54, 1.807) is 6.92 Å². The number of hydrogen-bond acceptors (Lipinski definition) is 5. The number of carbonyl (C=O) groups is 1. The predicted molar refractivity (Wildman–Crippen MR) is 70.9 cm³/mol. The summed E-state index contributed by atoms with van der Waals surface area (Å²) in [6.07, 6.45) is 0. The smallest absolute Gasteiger partial charge is 0.285 e. The van der Waals surface area contributed by atoms with Crippen LogP contribution in [-0.2, 0) is 4.74 Å². The molecule has 0 fully saturated rings. The third-order valence-corrected chi connectivity index (χ3v) is 2.93. The van der Waals surface area contributed by atoms with Crippen LogP contribution in [0.2, 0.25) is 0 Å². The Kier molecular flexibility index (Phi) is 4.98. The maximum Gasteiger partial charge on any atom is 0.285 e. The van der Waals surface area contributed by atoms with E-state index in [4.69, 9.17) is 10.5 Å². The number of likely N-dealkylation sites (N-methyl/N-ethyl adjacent to an activating group) is 1. The fourth-order valence-corrected chi connectivity index (χ4v) is 1.65. The summed E-state index contributed by atoms with van der Waals surface area (Å²) in [5, 5.41) is 10.9. The molecule has 0 aliphatic carbocycles. The summed E-state index contributed by atoms with van der Waals surface area (Å²) in [5.41, 5.74) is 4.19. The van der Waals surface area contributed by atoms with Crippen LogP contribution in [-0.4, -0.2) is 42.5 Å². The van der Waals surface area contributed by atoms with Gasteiger partial charge in [0.1, 0.15) is 5.56 Å². The van der Waals surface area contributed by atoms with Gasteiger partial charge in [-0.25, -0.2) is 4.39 Å². The number of carbonyl (C=O) groups excluding carboxylic acids is 1. The number of anilines is 1. The van der Waals surface area contributed by atoms with Crippen LogP contribution in [0, 0.1) is 15.9 Å². The van der Waals surface area contributed by atoms with Gasteiger partial charge in [-0.2, -0.15) is 0 Å². The van der Waals surface area contributed by atoms with Gasteiger partial charge < -0.3 is 15.4 Å². The fourth-order valence-electron chi connectivity index (χ4n) is 1.65. The first kappa shape index (κ1) is 15.8. The van der Waals surface area contributed by atoms with E-state index in [0.29, 0.717) is 6.07 Å². The SMILES string of the molecule is COCC(C)N(C)C(=O)c1cc(N)c(F)cc1[N+](=O)[O-]. The number of hydrogen-bond donors (Lipinski definition) is 1. The zero-order valence-electron chi connectivity index (χ0n) is 11.4. The highest BCUT2D eigenvalue weighted by atomic mass is 19.1. The van der Waals surface area contributed by atoms with Crippen LogP contribution in [0.4, 0.5) is 15.8 Å². The van der Waals surface area contributed by atoms with Gasteiger partial charge in [0, 0.05) is 14.2 Å². The van der Waals surface area contributed by atoms with Crippen LogP contribution >= 0.6 is 0 Å². The number of nitro benzene ring substituents is 1. The van der Waals surface area contributed by atoms with Crippen LogP contribution in [0.15, 0.2) is 12.1 Å². The third-order valence-electron chi connectivity index (χ3n) is 2.93. The van der Waals surface area contributed by atoms with E-state index in [9.17, 15) is 19.3 Å². The van der Waals surface area contributed by atoms with Gasteiger partial charge in [0.2, 0.25) is 0 Å². The topological polar surface area (TPSA) is 98.7 Å². The number of nitro groups is 1. The minimum Gasteiger partial charge on any atom is -0.396 e. The summed E-state index contributed by atoms with van der Waals surface area (Å²) < 4.78 is 18.2. The molecule has 0 aromatic heterocycles. The highest BCUT2D eigenvalue weighted by Gasteiger charge is 2.27. The molecule has 1 rings (SSSR count). The van der Waals surface area contributed by atoms with E-state index >= 15 is 0 Å². The van der Waals surface area contributed by atoms with Crippen molar-refractivity contribution in [1.82, 2.24) is 4.90 Å². The molecule has 0 radical (unpaired) electrons. The van der Waals surface area contributed by atoms with Gasteiger partial charge in [0.25, 0.3) is 11.6 Å². The first-order chi connectivity index (χ1) is 9.29. The van der Waals surface area contributed by atoms with E-state index in [2.05, 4.69) is 0 Å². The Balaban J connectivity index is 3.21. The monoisotopic (exact) mass is 285 g/mol. The minimum atomic E-state index is -0.930. The quantitative estimate of drug-likeness (QED) is 0.501. The van der Waals surface area contributed by atoms with Crippen molar-refractivity contribution < 1.29 is 18.8 Å². The number of ether oxygens (including phenoxy) is 1. The van der Waals surface area contributed by atoms with E-state index in [1.165, 1.54) is 19.1 Å². The number of nitrogens with two attached hydrogens (primary N) is 1. The van der Waals surface area contributed by atoms with Crippen molar-refractivity contribution in [2.24, 2.45) is 0 Å². The van der Waals surface area contributed by atoms with Crippen LogP contribution in [0.1, 0.15) is 17.3 Å². The Morgan fingerprint density at radius 2 is 2.20 bits per heavy atom. The molecular weight excluding hydrogens is 269 g/mol. The number of methoxy groups -OCH3 is 1. The van der Waals surface area contributed by atoms with Crippen molar-refractivity contribution in [2.45, 2.75) is 13.0 Å². The molecule has 1 amide bonds. The second-order valence-corrected chi connectivity index (χ2v) is 4.37. The molecular formula is C12H16FN3O4. The van der Waals surface area contributed by atoms with Crippen LogP contribution < -0.4 is 5.73 Å².